The number of rotatable bonds is 7. The van der Waals surface area contributed by atoms with Crippen molar-refractivity contribution in [1.29, 1.82) is 0 Å². The number of carbonyl (C=O) groups excluding carboxylic acids is 1. The van der Waals surface area contributed by atoms with Crippen molar-refractivity contribution >= 4 is 17.7 Å². The Kier molecular flexibility index (Phi) is 5.10. The van der Waals surface area contributed by atoms with Crippen molar-refractivity contribution in [2.75, 3.05) is 12.3 Å². The zero-order chi connectivity index (χ0) is 15.9. The van der Waals surface area contributed by atoms with E-state index in [1.165, 1.54) is 23.6 Å². The van der Waals surface area contributed by atoms with Gasteiger partial charge < -0.3 is 14.2 Å². The van der Waals surface area contributed by atoms with Gasteiger partial charge in [0.1, 0.15) is 0 Å². The lowest BCUT2D eigenvalue weighted by molar-refractivity contribution is -0.118. The van der Waals surface area contributed by atoms with Crippen LogP contribution >= 0.6 is 11.8 Å². The Labute approximate surface area is 137 Å². The molecule has 2 aromatic heterocycles. The molecule has 0 radical (unpaired) electrons. The minimum atomic E-state index is -0.0660. The van der Waals surface area contributed by atoms with Gasteiger partial charge in [-0.2, -0.15) is 0 Å². The van der Waals surface area contributed by atoms with Gasteiger partial charge in [0.15, 0.2) is 5.76 Å². The topological polar surface area (TPSA) is 81.2 Å². The van der Waals surface area contributed by atoms with E-state index in [-0.39, 0.29) is 11.7 Å². The van der Waals surface area contributed by atoms with E-state index in [2.05, 4.69) is 15.5 Å². The predicted molar refractivity (Wildman–Crippen MR) is 85.9 cm³/mol. The number of nitrogens with zero attached hydrogens (tertiary/aromatic N) is 2. The fourth-order valence-electron chi connectivity index (χ4n) is 1.94. The Morgan fingerprint density at radius 1 is 1.13 bits per heavy atom. The van der Waals surface area contributed by atoms with Gasteiger partial charge in [0.25, 0.3) is 11.1 Å². The molecule has 0 spiro atoms. The molecule has 0 saturated heterocycles. The van der Waals surface area contributed by atoms with Crippen LogP contribution in [0, 0.1) is 0 Å². The Balaban J connectivity index is 1.41. The molecule has 23 heavy (non-hydrogen) atoms. The van der Waals surface area contributed by atoms with Crippen molar-refractivity contribution < 1.29 is 13.6 Å². The minimum Gasteiger partial charge on any atom is -0.459 e. The Morgan fingerprint density at radius 2 is 2.00 bits per heavy atom. The Morgan fingerprint density at radius 3 is 2.78 bits per heavy atom. The molecule has 0 fully saturated rings. The number of thioether (sulfide) groups is 1. The molecular weight excluding hydrogens is 314 g/mol. The largest absolute Gasteiger partial charge is 0.459 e. The van der Waals surface area contributed by atoms with E-state index in [1.54, 1.807) is 12.1 Å². The Bertz CT molecular complexity index is 741. The predicted octanol–water partition coefficient (Wildman–Crippen LogP) is 2.78. The second kappa shape index (κ2) is 7.64. The summed E-state index contributed by atoms with van der Waals surface area (Å²) < 4.78 is 10.6. The average Bonchev–Trinajstić information content (AvgIpc) is 3.25. The summed E-state index contributed by atoms with van der Waals surface area (Å²) in [7, 11) is 0. The molecule has 6 nitrogen and oxygen atoms in total. The van der Waals surface area contributed by atoms with Crippen LogP contribution in [0.4, 0.5) is 0 Å². The van der Waals surface area contributed by atoms with Gasteiger partial charge in [0.2, 0.25) is 5.91 Å². The number of aromatic nitrogens is 2. The monoisotopic (exact) mass is 329 g/mol. The summed E-state index contributed by atoms with van der Waals surface area (Å²) in [6, 6.07) is 13.5. The highest BCUT2D eigenvalue weighted by molar-refractivity contribution is 7.99. The van der Waals surface area contributed by atoms with E-state index in [0.29, 0.717) is 23.4 Å². The molecule has 0 aliphatic heterocycles. The summed E-state index contributed by atoms with van der Waals surface area (Å²) in [5, 5.41) is 11.0. The van der Waals surface area contributed by atoms with Crippen LogP contribution in [-0.2, 0) is 11.2 Å². The maximum atomic E-state index is 11.8. The highest BCUT2D eigenvalue weighted by Crippen LogP contribution is 2.23. The highest BCUT2D eigenvalue weighted by atomic mass is 32.2. The summed E-state index contributed by atoms with van der Waals surface area (Å²) in [5.74, 6) is 0.983. The second-order valence-electron chi connectivity index (χ2n) is 4.72. The second-order valence-corrected chi connectivity index (χ2v) is 5.65. The number of amides is 1. The van der Waals surface area contributed by atoms with Gasteiger partial charge in [-0.25, -0.2) is 0 Å². The van der Waals surface area contributed by atoms with E-state index in [0.717, 1.165) is 6.42 Å². The number of benzene rings is 1. The third-order valence-corrected chi connectivity index (χ3v) is 3.86. The molecule has 3 rings (SSSR count). The van der Waals surface area contributed by atoms with Crippen molar-refractivity contribution in [2.24, 2.45) is 0 Å². The zero-order valence-electron chi connectivity index (χ0n) is 12.3. The standard InChI is InChI=1S/C16H15N3O3S/c20-14(17-9-8-12-5-2-1-3-6-12)11-23-16-19-18-15(22-16)13-7-4-10-21-13/h1-7,10H,8-9,11H2,(H,17,20). The van der Waals surface area contributed by atoms with Crippen molar-refractivity contribution in [3.05, 3.63) is 54.3 Å². The van der Waals surface area contributed by atoms with Gasteiger partial charge in [-0.3, -0.25) is 4.79 Å². The molecule has 0 atom stereocenters. The van der Waals surface area contributed by atoms with E-state index >= 15 is 0 Å². The van der Waals surface area contributed by atoms with Crippen LogP contribution in [0.25, 0.3) is 11.7 Å². The molecule has 3 aromatic rings. The summed E-state index contributed by atoms with van der Waals surface area (Å²) in [6.45, 7) is 0.602. The Hall–Kier alpha value is -2.54. The smallest absolute Gasteiger partial charge is 0.284 e. The van der Waals surface area contributed by atoms with Gasteiger partial charge >= 0.3 is 0 Å². The third kappa shape index (κ3) is 4.46. The van der Waals surface area contributed by atoms with Gasteiger partial charge in [-0.05, 0) is 24.1 Å². The van der Waals surface area contributed by atoms with Crippen molar-refractivity contribution in [3.63, 3.8) is 0 Å². The quantitative estimate of drug-likeness (QED) is 0.671. The SMILES string of the molecule is O=C(CSc1nnc(-c2ccco2)o1)NCCc1ccccc1. The third-order valence-electron chi connectivity index (χ3n) is 3.04. The molecule has 118 valence electrons. The number of carbonyl (C=O) groups is 1. The lowest BCUT2D eigenvalue weighted by Gasteiger charge is -2.04. The molecular formula is C16H15N3O3S. The van der Waals surface area contributed by atoms with Crippen LogP contribution in [0.3, 0.4) is 0 Å². The van der Waals surface area contributed by atoms with Crippen LogP contribution in [0.15, 0.2) is 62.8 Å². The van der Waals surface area contributed by atoms with E-state index in [1.807, 2.05) is 30.3 Å². The first-order chi connectivity index (χ1) is 11.3. The highest BCUT2D eigenvalue weighted by Gasteiger charge is 2.12. The summed E-state index contributed by atoms with van der Waals surface area (Å²) in [6.07, 6.45) is 2.34. The molecule has 1 amide bonds. The first kappa shape index (κ1) is 15.4. The lowest BCUT2D eigenvalue weighted by atomic mass is 10.1. The molecule has 0 aliphatic carbocycles. The van der Waals surface area contributed by atoms with Crippen LogP contribution in [-0.4, -0.2) is 28.4 Å². The van der Waals surface area contributed by atoms with Crippen LogP contribution in [0.5, 0.6) is 0 Å². The number of furan rings is 1. The van der Waals surface area contributed by atoms with Crippen LogP contribution < -0.4 is 5.32 Å². The number of hydrogen-bond acceptors (Lipinski definition) is 6. The van der Waals surface area contributed by atoms with E-state index in [9.17, 15) is 4.79 Å². The fourth-order valence-corrected chi connectivity index (χ4v) is 2.53. The van der Waals surface area contributed by atoms with Gasteiger partial charge in [-0.1, -0.05) is 42.1 Å². The van der Waals surface area contributed by atoms with E-state index in [4.69, 9.17) is 8.83 Å². The van der Waals surface area contributed by atoms with Crippen LogP contribution in [0.1, 0.15) is 5.56 Å². The van der Waals surface area contributed by atoms with E-state index < -0.39 is 0 Å². The van der Waals surface area contributed by atoms with Crippen molar-refractivity contribution in [2.45, 2.75) is 11.6 Å². The molecule has 0 bridgehead atoms. The first-order valence-corrected chi connectivity index (χ1v) is 8.10. The molecule has 0 aliphatic rings. The molecule has 1 aromatic carbocycles. The molecule has 2 heterocycles. The summed E-state index contributed by atoms with van der Waals surface area (Å²) in [5.41, 5.74) is 1.19. The van der Waals surface area contributed by atoms with Gasteiger partial charge in [0.05, 0.1) is 12.0 Å². The average molecular weight is 329 g/mol. The summed E-state index contributed by atoms with van der Waals surface area (Å²) >= 11 is 1.20. The molecule has 0 saturated carbocycles. The zero-order valence-corrected chi connectivity index (χ0v) is 13.1. The fraction of sp³-hybridized carbons (Fsp3) is 0.188. The number of hydrogen-bond donors (Lipinski definition) is 1. The molecule has 7 heteroatoms. The van der Waals surface area contributed by atoms with Crippen LogP contribution in [0.2, 0.25) is 0 Å². The van der Waals surface area contributed by atoms with Crippen molar-refractivity contribution in [3.8, 4) is 11.7 Å². The number of nitrogens with one attached hydrogen (secondary N) is 1. The van der Waals surface area contributed by atoms with Crippen molar-refractivity contribution in [1.82, 2.24) is 15.5 Å². The maximum absolute atomic E-state index is 11.8. The first-order valence-electron chi connectivity index (χ1n) is 7.12. The van der Waals surface area contributed by atoms with Gasteiger partial charge in [0, 0.05) is 6.54 Å². The lowest BCUT2D eigenvalue weighted by Crippen LogP contribution is -2.27. The van der Waals surface area contributed by atoms with Gasteiger partial charge in [-0.15, -0.1) is 10.2 Å². The minimum absolute atomic E-state index is 0.0660. The maximum Gasteiger partial charge on any atom is 0.284 e. The summed E-state index contributed by atoms with van der Waals surface area (Å²) in [4.78, 5) is 11.8. The molecule has 0 unspecified atom stereocenters. The normalized spacial score (nSPS) is 10.6. The molecule has 1 N–H and O–H groups in total.